The van der Waals surface area contributed by atoms with E-state index in [0.717, 1.165) is 19.3 Å². The Labute approximate surface area is 146 Å². The van der Waals surface area contributed by atoms with Crippen LogP contribution < -0.4 is 0 Å². The Kier molecular flexibility index (Phi) is 5.32. The minimum atomic E-state index is -1.11. The van der Waals surface area contributed by atoms with Gasteiger partial charge in [-0.25, -0.2) is 0 Å². The number of hydrogen-bond acceptors (Lipinski definition) is 6. The Hall–Kier alpha value is -1.63. The van der Waals surface area contributed by atoms with Crippen LogP contribution in [0.25, 0.3) is 0 Å². The molecule has 2 saturated carbocycles. The van der Waals surface area contributed by atoms with Gasteiger partial charge in [0, 0.05) is 17.4 Å². The number of benzene rings is 1. The summed E-state index contributed by atoms with van der Waals surface area (Å²) >= 11 is 0. The van der Waals surface area contributed by atoms with Crippen molar-refractivity contribution in [3.05, 3.63) is 23.3 Å². The lowest BCUT2D eigenvalue weighted by molar-refractivity contribution is -0.0144. The number of hydrogen-bond donors (Lipinski definition) is 5. The van der Waals surface area contributed by atoms with Gasteiger partial charge in [0.25, 0.3) is 0 Å². The number of carbonyl (C=O) groups excluding carboxylic acids is 1. The molecular formula is C19H26O6. The van der Waals surface area contributed by atoms with Crippen LogP contribution in [0.15, 0.2) is 12.1 Å². The van der Waals surface area contributed by atoms with E-state index in [0.29, 0.717) is 25.7 Å². The number of ketones is 1. The van der Waals surface area contributed by atoms with Crippen LogP contribution in [0.3, 0.4) is 0 Å². The molecule has 0 aromatic heterocycles. The molecule has 0 spiro atoms. The zero-order chi connectivity index (χ0) is 18.1. The van der Waals surface area contributed by atoms with Crippen LogP contribution in [0.4, 0.5) is 0 Å². The molecule has 0 aliphatic heterocycles. The molecule has 2 fully saturated rings. The molecule has 6 heteroatoms. The number of aliphatic hydroxyl groups excluding tert-OH is 3. The van der Waals surface area contributed by atoms with Crippen molar-refractivity contribution in [3.8, 4) is 11.5 Å². The molecular weight excluding hydrogens is 324 g/mol. The van der Waals surface area contributed by atoms with Gasteiger partial charge < -0.3 is 25.5 Å². The summed E-state index contributed by atoms with van der Waals surface area (Å²) in [6.07, 6.45) is 2.40. The highest BCUT2D eigenvalue weighted by molar-refractivity contribution is 6.01. The molecule has 0 saturated heterocycles. The third-order valence-corrected chi connectivity index (χ3v) is 5.77. The van der Waals surface area contributed by atoms with Gasteiger partial charge in [0.1, 0.15) is 0 Å². The Balaban J connectivity index is 1.86. The molecule has 5 N–H and O–H groups in total. The number of aliphatic hydroxyl groups is 3. The average Bonchev–Trinajstić information content (AvgIpc) is 3.02. The standard InChI is InChI=1S/C19H26O6/c20-14-6-2-1-4-10(14)16(22)12-8-9-13(19(25)18(12)24)17(23)11-5-3-7-15(11)21/h8-11,14-16,20-22,24-25H,1-7H2/t10?,11-,14?,15?,16?/m0/s1. The van der Waals surface area contributed by atoms with E-state index in [1.165, 1.54) is 12.1 Å². The highest BCUT2D eigenvalue weighted by atomic mass is 16.3. The van der Waals surface area contributed by atoms with Crippen LogP contribution in [0.1, 0.15) is 67.0 Å². The van der Waals surface area contributed by atoms with E-state index in [4.69, 9.17) is 0 Å². The molecule has 0 amide bonds. The Morgan fingerprint density at radius 2 is 1.60 bits per heavy atom. The van der Waals surface area contributed by atoms with Crippen molar-refractivity contribution in [2.24, 2.45) is 11.8 Å². The molecule has 0 heterocycles. The van der Waals surface area contributed by atoms with Crippen LogP contribution in [-0.2, 0) is 0 Å². The zero-order valence-electron chi connectivity index (χ0n) is 14.1. The number of aromatic hydroxyl groups is 2. The van der Waals surface area contributed by atoms with E-state index in [-0.39, 0.29) is 11.1 Å². The van der Waals surface area contributed by atoms with Crippen molar-refractivity contribution in [1.29, 1.82) is 0 Å². The van der Waals surface area contributed by atoms with Crippen molar-refractivity contribution in [2.75, 3.05) is 0 Å². The third-order valence-electron chi connectivity index (χ3n) is 5.77. The average molecular weight is 350 g/mol. The lowest BCUT2D eigenvalue weighted by atomic mass is 9.80. The summed E-state index contributed by atoms with van der Waals surface area (Å²) in [7, 11) is 0. The van der Waals surface area contributed by atoms with Crippen molar-refractivity contribution in [2.45, 2.75) is 63.3 Å². The molecule has 0 radical (unpaired) electrons. The Morgan fingerprint density at radius 3 is 2.24 bits per heavy atom. The maximum atomic E-state index is 12.5. The van der Waals surface area contributed by atoms with Gasteiger partial charge in [-0.2, -0.15) is 0 Å². The summed E-state index contributed by atoms with van der Waals surface area (Å²) in [4.78, 5) is 12.5. The van der Waals surface area contributed by atoms with Crippen LogP contribution >= 0.6 is 0 Å². The number of carbonyl (C=O) groups is 1. The van der Waals surface area contributed by atoms with Gasteiger partial charge in [0.05, 0.1) is 23.9 Å². The summed E-state index contributed by atoms with van der Waals surface area (Å²) in [6, 6.07) is 2.81. The second-order valence-electron chi connectivity index (χ2n) is 7.33. The highest BCUT2D eigenvalue weighted by Crippen LogP contribution is 2.43. The van der Waals surface area contributed by atoms with Crippen LogP contribution in [0.5, 0.6) is 11.5 Å². The number of phenolic OH excluding ortho intramolecular Hbond substituents is 2. The molecule has 1 aromatic carbocycles. The minimum Gasteiger partial charge on any atom is -0.504 e. The van der Waals surface area contributed by atoms with Gasteiger partial charge >= 0.3 is 0 Å². The van der Waals surface area contributed by atoms with E-state index in [1.807, 2.05) is 0 Å². The number of rotatable bonds is 4. The van der Waals surface area contributed by atoms with Crippen LogP contribution in [-0.4, -0.2) is 43.5 Å². The first-order valence-electron chi connectivity index (χ1n) is 9.05. The predicted octanol–water partition coefficient (Wildman–Crippen LogP) is 2.03. The summed E-state index contributed by atoms with van der Waals surface area (Å²) in [5.74, 6) is -2.45. The van der Waals surface area contributed by atoms with Gasteiger partial charge in [0.15, 0.2) is 17.3 Å². The second kappa shape index (κ2) is 7.32. The smallest absolute Gasteiger partial charge is 0.172 e. The quantitative estimate of drug-likeness (QED) is 0.419. The minimum absolute atomic E-state index is 0.0383. The molecule has 2 aliphatic carbocycles. The van der Waals surface area contributed by atoms with E-state index in [1.54, 1.807) is 0 Å². The maximum absolute atomic E-state index is 12.5. The Morgan fingerprint density at radius 1 is 0.920 bits per heavy atom. The number of Topliss-reactive ketones (excluding diaryl/α,β-unsaturated/α-hetero) is 1. The first kappa shape index (κ1) is 18.2. The second-order valence-corrected chi connectivity index (χ2v) is 7.33. The highest BCUT2D eigenvalue weighted by Gasteiger charge is 2.36. The maximum Gasteiger partial charge on any atom is 0.172 e. The summed E-state index contributed by atoms with van der Waals surface area (Å²) in [5, 5.41) is 51.1. The van der Waals surface area contributed by atoms with Crippen LogP contribution in [0.2, 0.25) is 0 Å². The fourth-order valence-electron chi connectivity index (χ4n) is 4.22. The van der Waals surface area contributed by atoms with Crippen molar-refractivity contribution >= 4 is 5.78 Å². The van der Waals surface area contributed by atoms with Gasteiger partial charge in [-0.15, -0.1) is 0 Å². The molecule has 6 nitrogen and oxygen atoms in total. The third kappa shape index (κ3) is 3.38. The van der Waals surface area contributed by atoms with Crippen molar-refractivity contribution in [1.82, 2.24) is 0 Å². The molecule has 25 heavy (non-hydrogen) atoms. The zero-order valence-corrected chi connectivity index (χ0v) is 14.1. The predicted molar refractivity (Wildman–Crippen MR) is 90.4 cm³/mol. The van der Waals surface area contributed by atoms with E-state index in [9.17, 15) is 30.3 Å². The molecule has 1 aromatic rings. The van der Waals surface area contributed by atoms with Crippen molar-refractivity contribution < 1.29 is 30.3 Å². The molecule has 2 aliphatic rings. The Bertz CT molecular complexity index is 643. The van der Waals surface area contributed by atoms with Crippen LogP contribution in [0, 0.1) is 11.8 Å². The first-order valence-corrected chi connectivity index (χ1v) is 9.05. The topological polar surface area (TPSA) is 118 Å². The van der Waals surface area contributed by atoms with Gasteiger partial charge in [-0.1, -0.05) is 25.3 Å². The lowest BCUT2D eigenvalue weighted by Gasteiger charge is -2.32. The number of phenols is 2. The van der Waals surface area contributed by atoms with E-state index < -0.39 is 47.4 Å². The van der Waals surface area contributed by atoms with E-state index >= 15 is 0 Å². The first-order chi connectivity index (χ1) is 11.9. The summed E-state index contributed by atoms with van der Waals surface area (Å²) < 4.78 is 0. The lowest BCUT2D eigenvalue weighted by Crippen LogP contribution is -2.30. The van der Waals surface area contributed by atoms with Gasteiger partial charge in [-0.3, -0.25) is 4.79 Å². The fraction of sp³-hybridized carbons (Fsp3) is 0.632. The fourth-order valence-corrected chi connectivity index (χ4v) is 4.22. The summed E-state index contributed by atoms with van der Waals surface area (Å²) in [6.45, 7) is 0. The summed E-state index contributed by atoms with van der Waals surface area (Å²) in [5.41, 5.74) is 0.0792. The largest absolute Gasteiger partial charge is 0.504 e. The van der Waals surface area contributed by atoms with Gasteiger partial charge in [0.2, 0.25) is 0 Å². The molecule has 3 rings (SSSR count). The SMILES string of the molecule is O=C(c1ccc(C(O)C2CCCCC2O)c(O)c1O)[C@H]1CCCC1O. The van der Waals surface area contributed by atoms with E-state index in [2.05, 4.69) is 0 Å². The monoisotopic (exact) mass is 350 g/mol. The molecule has 4 unspecified atom stereocenters. The van der Waals surface area contributed by atoms with Gasteiger partial charge in [-0.05, 0) is 31.7 Å². The normalized spacial score (nSPS) is 31.0. The molecule has 0 bridgehead atoms. The molecule has 138 valence electrons. The van der Waals surface area contributed by atoms with Crippen molar-refractivity contribution in [3.63, 3.8) is 0 Å². The molecule has 5 atom stereocenters.